The van der Waals surface area contributed by atoms with Crippen LogP contribution in [0.5, 0.6) is 5.75 Å². The third kappa shape index (κ3) is 3.79. The van der Waals surface area contributed by atoms with Gasteiger partial charge < -0.3 is 10.1 Å². The number of aryl methyl sites for hydroxylation is 1. The lowest BCUT2D eigenvalue weighted by Gasteiger charge is -2.33. The Morgan fingerprint density at radius 3 is 2.90 bits per heavy atom. The second-order valence-corrected chi connectivity index (χ2v) is 8.00. The molecule has 30 heavy (non-hydrogen) atoms. The molecule has 1 fully saturated rings. The third-order valence-corrected chi connectivity index (χ3v) is 6.02. The van der Waals surface area contributed by atoms with Crippen LogP contribution in [0.4, 0.5) is 0 Å². The molecule has 1 aliphatic rings. The number of hydrogen-bond donors (Lipinski definition) is 1. The van der Waals surface area contributed by atoms with Gasteiger partial charge in [0, 0.05) is 24.5 Å². The SMILES string of the molecule is COc1cccc2c1cc1c(=O)n(CC(=O)NCCN3CCCCC3C)nc(C)n12. The molecule has 1 unspecified atom stereocenters. The molecule has 0 aliphatic carbocycles. The molecule has 1 aliphatic heterocycles. The van der Waals surface area contributed by atoms with Crippen molar-refractivity contribution in [2.75, 3.05) is 26.7 Å². The molecule has 1 amide bonds. The van der Waals surface area contributed by atoms with Crippen molar-refractivity contribution in [1.29, 1.82) is 0 Å². The van der Waals surface area contributed by atoms with Crippen LogP contribution in [0.3, 0.4) is 0 Å². The molecule has 2 aromatic heterocycles. The van der Waals surface area contributed by atoms with Gasteiger partial charge in [0.15, 0.2) is 0 Å². The summed E-state index contributed by atoms with van der Waals surface area (Å²) in [5.74, 6) is 1.14. The van der Waals surface area contributed by atoms with E-state index in [0.717, 1.165) is 24.0 Å². The van der Waals surface area contributed by atoms with Gasteiger partial charge in [0.1, 0.15) is 23.6 Å². The Morgan fingerprint density at radius 2 is 2.13 bits per heavy atom. The number of rotatable bonds is 6. The zero-order chi connectivity index (χ0) is 21.3. The van der Waals surface area contributed by atoms with Gasteiger partial charge in [-0.25, -0.2) is 4.68 Å². The van der Waals surface area contributed by atoms with E-state index in [1.54, 1.807) is 13.2 Å². The molecule has 4 rings (SSSR count). The molecule has 8 heteroatoms. The van der Waals surface area contributed by atoms with Crippen LogP contribution < -0.4 is 15.6 Å². The van der Waals surface area contributed by atoms with E-state index in [4.69, 9.17) is 4.74 Å². The summed E-state index contributed by atoms with van der Waals surface area (Å²) in [5, 5.41) is 8.16. The predicted octanol–water partition coefficient (Wildman–Crippen LogP) is 1.96. The summed E-state index contributed by atoms with van der Waals surface area (Å²) in [5.41, 5.74) is 1.05. The summed E-state index contributed by atoms with van der Waals surface area (Å²) in [6, 6.07) is 8.04. The fraction of sp³-hybridized carbons (Fsp3) is 0.500. The van der Waals surface area contributed by atoms with Gasteiger partial charge in [-0.2, -0.15) is 5.10 Å². The van der Waals surface area contributed by atoms with E-state index in [0.29, 0.717) is 29.7 Å². The maximum Gasteiger partial charge on any atom is 0.291 e. The van der Waals surface area contributed by atoms with Crippen LogP contribution in [0.1, 0.15) is 32.0 Å². The number of carbonyl (C=O) groups excluding carboxylic acids is 1. The van der Waals surface area contributed by atoms with E-state index in [1.165, 1.54) is 23.9 Å². The lowest BCUT2D eigenvalue weighted by molar-refractivity contribution is -0.122. The normalized spacial score (nSPS) is 17.5. The smallest absolute Gasteiger partial charge is 0.291 e. The van der Waals surface area contributed by atoms with Crippen molar-refractivity contribution in [2.45, 2.75) is 45.7 Å². The van der Waals surface area contributed by atoms with Crippen LogP contribution >= 0.6 is 0 Å². The molecule has 0 radical (unpaired) electrons. The number of aromatic nitrogens is 3. The van der Waals surface area contributed by atoms with Gasteiger partial charge in [-0.05, 0) is 51.4 Å². The van der Waals surface area contributed by atoms with Crippen molar-refractivity contribution in [2.24, 2.45) is 0 Å². The minimum Gasteiger partial charge on any atom is -0.496 e. The molecular formula is C22H29N5O3. The standard InChI is InChI=1S/C22H29N5O3/c1-15-7-4-5-11-25(15)12-10-23-21(28)14-26-22(29)19-13-17-18(27(19)16(2)24-26)8-6-9-20(17)30-3/h6,8-9,13,15H,4-5,7,10-12,14H2,1-3H3,(H,23,28). The maximum atomic E-state index is 13.0. The topological polar surface area (TPSA) is 80.9 Å². The summed E-state index contributed by atoms with van der Waals surface area (Å²) in [7, 11) is 1.61. The molecule has 1 atom stereocenters. The van der Waals surface area contributed by atoms with Gasteiger partial charge in [0.25, 0.3) is 5.56 Å². The lowest BCUT2D eigenvalue weighted by atomic mass is 10.0. The van der Waals surface area contributed by atoms with Crippen LogP contribution in [0.15, 0.2) is 29.1 Å². The Balaban J connectivity index is 1.51. The molecule has 160 valence electrons. The second-order valence-electron chi connectivity index (χ2n) is 8.00. The van der Waals surface area contributed by atoms with Gasteiger partial charge in [-0.15, -0.1) is 0 Å². The molecule has 3 heterocycles. The Kier molecular flexibility index (Phi) is 5.76. The summed E-state index contributed by atoms with van der Waals surface area (Å²) >= 11 is 0. The summed E-state index contributed by atoms with van der Waals surface area (Å²) in [4.78, 5) is 27.9. The number of hydrogen-bond acceptors (Lipinski definition) is 5. The zero-order valence-corrected chi connectivity index (χ0v) is 17.9. The molecule has 8 nitrogen and oxygen atoms in total. The minimum atomic E-state index is -0.293. The van der Waals surface area contributed by atoms with Crippen LogP contribution in [-0.2, 0) is 11.3 Å². The number of benzene rings is 1. The Hall–Kier alpha value is -2.87. The lowest BCUT2D eigenvalue weighted by Crippen LogP contribution is -2.43. The highest BCUT2D eigenvalue weighted by atomic mass is 16.5. The second kappa shape index (κ2) is 8.47. The van der Waals surface area contributed by atoms with Crippen molar-refractivity contribution in [3.05, 3.63) is 40.4 Å². The Morgan fingerprint density at radius 1 is 1.30 bits per heavy atom. The zero-order valence-electron chi connectivity index (χ0n) is 17.9. The molecule has 0 bridgehead atoms. The Labute approximate surface area is 175 Å². The van der Waals surface area contributed by atoms with Gasteiger partial charge in [0.2, 0.25) is 5.91 Å². The van der Waals surface area contributed by atoms with Gasteiger partial charge in [0.05, 0.1) is 12.6 Å². The van der Waals surface area contributed by atoms with E-state index < -0.39 is 0 Å². The van der Waals surface area contributed by atoms with Crippen molar-refractivity contribution in [1.82, 2.24) is 24.4 Å². The number of ether oxygens (including phenoxy) is 1. The predicted molar refractivity (Wildman–Crippen MR) is 116 cm³/mol. The first-order valence-corrected chi connectivity index (χ1v) is 10.6. The summed E-state index contributed by atoms with van der Waals surface area (Å²) in [6.45, 7) is 6.46. The van der Waals surface area contributed by atoms with Gasteiger partial charge >= 0.3 is 0 Å². The number of fused-ring (bicyclic) bond motifs is 3. The highest BCUT2D eigenvalue weighted by Gasteiger charge is 2.18. The number of amides is 1. The highest BCUT2D eigenvalue weighted by molar-refractivity contribution is 5.92. The van der Waals surface area contributed by atoms with E-state index in [1.807, 2.05) is 29.5 Å². The van der Waals surface area contributed by atoms with Crippen molar-refractivity contribution in [3.63, 3.8) is 0 Å². The largest absolute Gasteiger partial charge is 0.496 e. The van der Waals surface area contributed by atoms with E-state index in [-0.39, 0.29) is 18.0 Å². The highest BCUT2D eigenvalue weighted by Crippen LogP contribution is 2.28. The van der Waals surface area contributed by atoms with Crippen LogP contribution in [0.25, 0.3) is 16.4 Å². The number of likely N-dealkylation sites (tertiary alicyclic amines) is 1. The first-order chi connectivity index (χ1) is 14.5. The van der Waals surface area contributed by atoms with Crippen molar-refractivity contribution < 1.29 is 9.53 Å². The quantitative estimate of drug-likeness (QED) is 0.671. The average molecular weight is 412 g/mol. The number of carbonyl (C=O) groups is 1. The first-order valence-electron chi connectivity index (χ1n) is 10.6. The molecule has 0 saturated carbocycles. The van der Waals surface area contributed by atoms with Crippen LogP contribution in [0, 0.1) is 6.92 Å². The summed E-state index contributed by atoms with van der Waals surface area (Å²) in [6.07, 6.45) is 3.71. The maximum absolute atomic E-state index is 13.0. The first kappa shape index (κ1) is 20.4. The molecule has 1 N–H and O–H groups in total. The number of piperidine rings is 1. The molecule has 1 aromatic carbocycles. The number of nitrogens with one attached hydrogen (secondary N) is 1. The van der Waals surface area contributed by atoms with Crippen molar-refractivity contribution in [3.8, 4) is 5.75 Å². The third-order valence-electron chi connectivity index (χ3n) is 6.02. The fourth-order valence-corrected chi connectivity index (χ4v) is 4.41. The van der Waals surface area contributed by atoms with Crippen LogP contribution in [-0.4, -0.2) is 57.8 Å². The van der Waals surface area contributed by atoms with E-state index in [9.17, 15) is 9.59 Å². The minimum absolute atomic E-state index is 0.0929. The van der Waals surface area contributed by atoms with Crippen molar-refractivity contribution >= 4 is 22.3 Å². The van der Waals surface area contributed by atoms with Gasteiger partial charge in [-0.1, -0.05) is 12.5 Å². The molecule has 3 aromatic rings. The monoisotopic (exact) mass is 411 g/mol. The van der Waals surface area contributed by atoms with Crippen LogP contribution in [0.2, 0.25) is 0 Å². The molecule has 1 saturated heterocycles. The number of methoxy groups -OCH3 is 1. The number of nitrogens with zero attached hydrogens (tertiary/aromatic N) is 4. The average Bonchev–Trinajstić information content (AvgIpc) is 3.14. The fourth-order valence-electron chi connectivity index (χ4n) is 4.41. The molecular weight excluding hydrogens is 382 g/mol. The molecule has 0 spiro atoms. The Bertz CT molecular complexity index is 1130. The van der Waals surface area contributed by atoms with Gasteiger partial charge in [-0.3, -0.25) is 18.9 Å². The van der Waals surface area contributed by atoms with E-state index >= 15 is 0 Å². The summed E-state index contributed by atoms with van der Waals surface area (Å²) < 4.78 is 8.48. The van der Waals surface area contributed by atoms with E-state index in [2.05, 4.69) is 22.2 Å².